The van der Waals surface area contributed by atoms with Crippen LogP contribution in [0.2, 0.25) is 0 Å². The number of carbonyl (C=O) groups is 2. The molecule has 1 N–H and O–H groups in total. The molecule has 0 radical (unpaired) electrons. The van der Waals surface area contributed by atoms with Crippen LogP contribution >= 0.6 is 0 Å². The summed E-state index contributed by atoms with van der Waals surface area (Å²) >= 11 is 0. The highest BCUT2D eigenvalue weighted by Gasteiger charge is 2.13. The lowest BCUT2D eigenvalue weighted by atomic mass is 10.1. The molecule has 6 heteroatoms. The summed E-state index contributed by atoms with van der Waals surface area (Å²) in [5, 5.41) is 11.5. The molecule has 1 amide bonds. The number of carbonyl (C=O) groups excluding carboxylic acids is 2. The Hall–Kier alpha value is -3.33. The number of esters is 1. The molecule has 0 heterocycles. The van der Waals surface area contributed by atoms with Gasteiger partial charge in [-0.15, -0.1) is 0 Å². The van der Waals surface area contributed by atoms with Crippen molar-refractivity contribution in [1.29, 1.82) is 5.26 Å². The highest BCUT2D eigenvalue weighted by molar-refractivity contribution is 5.91. The van der Waals surface area contributed by atoms with Gasteiger partial charge < -0.3 is 14.8 Å². The van der Waals surface area contributed by atoms with Crippen LogP contribution in [0.15, 0.2) is 48.5 Å². The van der Waals surface area contributed by atoms with Crippen molar-refractivity contribution in [3.63, 3.8) is 0 Å². The Morgan fingerprint density at radius 1 is 1.20 bits per heavy atom. The number of hydrogen-bond acceptors (Lipinski definition) is 5. The van der Waals surface area contributed by atoms with Crippen molar-refractivity contribution in [2.75, 3.05) is 13.7 Å². The fourth-order valence-electron chi connectivity index (χ4n) is 2.17. The van der Waals surface area contributed by atoms with Crippen LogP contribution in [0.5, 0.6) is 5.75 Å². The largest absolute Gasteiger partial charge is 0.497 e. The summed E-state index contributed by atoms with van der Waals surface area (Å²) in [5.41, 5.74) is 1.61. The van der Waals surface area contributed by atoms with Crippen molar-refractivity contribution < 1.29 is 19.1 Å². The van der Waals surface area contributed by atoms with Gasteiger partial charge in [-0.1, -0.05) is 12.1 Å². The topological polar surface area (TPSA) is 88.4 Å². The Bertz CT molecular complexity index is 794. The normalized spacial score (nSPS) is 11.1. The Labute approximate surface area is 146 Å². The number of nitriles is 1. The van der Waals surface area contributed by atoms with Gasteiger partial charge in [-0.3, -0.25) is 4.79 Å². The zero-order chi connectivity index (χ0) is 18.2. The maximum Gasteiger partial charge on any atom is 0.338 e. The molecule has 2 aromatic rings. The van der Waals surface area contributed by atoms with Crippen molar-refractivity contribution in [3.8, 4) is 11.8 Å². The van der Waals surface area contributed by atoms with E-state index in [1.165, 1.54) is 24.3 Å². The number of nitrogens with zero attached hydrogens (tertiary/aromatic N) is 1. The quantitative estimate of drug-likeness (QED) is 0.818. The van der Waals surface area contributed by atoms with Crippen molar-refractivity contribution in [3.05, 3.63) is 65.2 Å². The monoisotopic (exact) mass is 338 g/mol. The molecule has 2 rings (SSSR count). The van der Waals surface area contributed by atoms with Gasteiger partial charge in [-0.25, -0.2) is 4.79 Å². The van der Waals surface area contributed by atoms with E-state index in [0.717, 1.165) is 5.56 Å². The first-order valence-electron chi connectivity index (χ1n) is 7.64. The van der Waals surface area contributed by atoms with E-state index in [1.54, 1.807) is 7.11 Å². The van der Waals surface area contributed by atoms with Gasteiger partial charge in [-0.05, 0) is 48.9 Å². The molecule has 1 atom stereocenters. The van der Waals surface area contributed by atoms with E-state index in [4.69, 9.17) is 14.7 Å². The molecule has 0 unspecified atom stereocenters. The molecule has 0 fully saturated rings. The molecule has 0 saturated heterocycles. The Kier molecular flexibility index (Phi) is 6.13. The van der Waals surface area contributed by atoms with E-state index in [1.807, 2.05) is 37.3 Å². The van der Waals surface area contributed by atoms with Crippen molar-refractivity contribution in [2.45, 2.75) is 13.0 Å². The molecule has 0 aromatic heterocycles. The summed E-state index contributed by atoms with van der Waals surface area (Å²) in [5.74, 6) is -0.322. The van der Waals surface area contributed by atoms with E-state index < -0.39 is 11.9 Å². The molecule has 0 aliphatic rings. The van der Waals surface area contributed by atoms with Gasteiger partial charge in [0.25, 0.3) is 5.91 Å². The summed E-state index contributed by atoms with van der Waals surface area (Å²) in [6, 6.07) is 15.1. The second-order valence-electron chi connectivity index (χ2n) is 5.33. The van der Waals surface area contributed by atoms with E-state index in [2.05, 4.69) is 5.32 Å². The zero-order valence-corrected chi connectivity index (χ0v) is 14.0. The molecule has 0 aliphatic carbocycles. The maximum atomic E-state index is 12.0. The van der Waals surface area contributed by atoms with Gasteiger partial charge in [0.15, 0.2) is 6.61 Å². The number of benzene rings is 2. The lowest BCUT2D eigenvalue weighted by molar-refractivity contribution is -0.124. The first-order chi connectivity index (χ1) is 12.0. The average molecular weight is 338 g/mol. The van der Waals surface area contributed by atoms with Crippen molar-refractivity contribution in [1.82, 2.24) is 5.32 Å². The van der Waals surface area contributed by atoms with Crippen molar-refractivity contribution in [2.24, 2.45) is 0 Å². The fraction of sp³-hybridized carbons (Fsp3) is 0.211. The molecule has 0 saturated carbocycles. The van der Waals surface area contributed by atoms with Crippen LogP contribution in [-0.4, -0.2) is 25.6 Å². The number of amides is 1. The molecule has 2 aromatic carbocycles. The third-order valence-electron chi connectivity index (χ3n) is 3.56. The Morgan fingerprint density at radius 2 is 1.92 bits per heavy atom. The van der Waals surface area contributed by atoms with Crippen LogP contribution in [0.3, 0.4) is 0 Å². The fourth-order valence-corrected chi connectivity index (χ4v) is 2.17. The first kappa shape index (κ1) is 18.0. The summed E-state index contributed by atoms with van der Waals surface area (Å²) in [4.78, 5) is 23.8. The molecule has 0 spiro atoms. The van der Waals surface area contributed by atoms with Crippen LogP contribution in [0.4, 0.5) is 0 Å². The number of nitrogens with one attached hydrogen (secondary N) is 1. The third-order valence-corrected chi connectivity index (χ3v) is 3.56. The van der Waals surface area contributed by atoms with Crippen LogP contribution in [0, 0.1) is 11.3 Å². The molecular weight excluding hydrogens is 320 g/mol. The second-order valence-corrected chi connectivity index (χ2v) is 5.33. The van der Waals surface area contributed by atoms with Gasteiger partial charge in [0.1, 0.15) is 5.75 Å². The van der Waals surface area contributed by atoms with Gasteiger partial charge in [0, 0.05) is 0 Å². The van der Waals surface area contributed by atoms with E-state index in [0.29, 0.717) is 11.3 Å². The van der Waals surface area contributed by atoms with Crippen LogP contribution in [-0.2, 0) is 9.53 Å². The summed E-state index contributed by atoms with van der Waals surface area (Å²) < 4.78 is 10.1. The summed E-state index contributed by atoms with van der Waals surface area (Å²) in [7, 11) is 1.57. The molecule has 6 nitrogen and oxygen atoms in total. The standard InChI is InChI=1S/C19H18N2O4/c1-13(16-4-3-5-17(10-16)24-2)21-18(22)12-25-19(23)15-8-6-14(11-20)7-9-15/h3-10,13H,12H2,1-2H3,(H,21,22)/t13-/m1/s1. The first-order valence-corrected chi connectivity index (χ1v) is 7.64. The number of methoxy groups -OCH3 is 1. The number of hydrogen-bond donors (Lipinski definition) is 1. The maximum absolute atomic E-state index is 12.0. The molecular formula is C19H18N2O4. The lowest BCUT2D eigenvalue weighted by Crippen LogP contribution is -2.31. The SMILES string of the molecule is COc1cccc([C@@H](C)NC(=O)COC(=O)c2ccc(C#N)cc2)c1. The highest BCUT2D eigenvalue weighted by atomic mass is 16.5. The minimum Gasteiger partial charge on any atom is -0.497 e. The highest BCUT2D eigenvalue weighted by Crippen LogP contribution is 2.18. The smallest absolute Gasteiger partial charge is 0.338 e. The van der Waals surface area contributed by atoms with E-state index in [-0.39, 0.29) is 18.2 Å². The van der Waals surface area contributed by atoms with E-state index in [9.17, 15) is 9.59 Å². The van der Waals surface area contributed by atoms with Gasteiger partial charge >= 0.3 is 5.97 Å². The predicted molar refractivity (Wildman–Crippen MR) is 91.0 cm³/mol. The average Bonchev–Trinajstić information content (AvgIpc) is 2.66. The molecule has 25 heavy (non-hydrogen) atoms. The minimum atomic E-state index is -0.617. The Balaban J connectivity index is 1.86. The summed E-state index contributed by atoms with van der Waals surface area (Å²) in [6.07, 6.45) is 0. The number of ether oxygens (including phenoxy) is 2. The molecule has 0 bridgehead atoms. The van der Waals surface area contributed by atoms with E-state index >= 15 is 0 Å². The Morgan fingerprint density at radius 3 is 2.56 bits per heavy atom. The molecule has 0 aliphatic heterocycles. The summed E-state index contributed by atoms with van der Waals surface area (Å²) in [6.45, 7) is 1.45. The van der Waals surface area contributed by atoms with Crippen LogP contribution in [0.25, 0.3) is 0 Å². The minimum absolute atomic E-state index is 0.254. The van der Waals surface area contributed by atoms with Crippen LogP contribution in [0.1, 0.15) is 34.5 Å². The van der Waals surface area contributed by atoms with Gasteiger partial charge in [0.05, 0.1) is 30.3 Å². The zero-order valence-electron chi connectivity index (χ0n) is 14.0. The number of rotatable bonds is 6. The van der Waals surface area contributed by atoms with Gasteiger partial charge in [0.2, 0.25) is 0 Å². The van der Waals surface area contributed by atoms with Crippen LogP contribution < -0.4 is 10.1 Å². The van der Waals surface area contributed by atoms with Gasteiger partial charge in [-0.2, -0.15) is 5.26 Å². The second kappa shape index (κ2) is 8.50. The van der Waals surface area contributed by atoms with Crippen molar-refractivity contribution >= 4 is 11.9 Å². The lowest BCUT2D eigenvalue weighted by Gasteiger charge is -2.15. The predicted octanol–water partition coefficient (Wildman–Crippen LogP) is 2.60. The molecule has 128 valence electrons. The third kappa shape index (κ3) is 5.08.